The molecule has 17 heavy (non-hydrogen) atoms. The van der Waals surface area contributed by atoms with Crippen LogP contribution in [0, 0.1) is 5.41 Å². The molecular formula is C12H23NO4. The van der Waals surface area contributed by atoms with Gasteiger partial charge in [-0.25, -0.2) is 4.79 Å². The lowest BCUT2D eigenvalue weighted by Gasteiger charge is -2.38. The predicted octanol–water partition coefficient (Wildman–Crippen LogP) is 1.60. The Bertz CT molecular complexity index is 287. The van der Waals surface area contributed by atoms with E-state index in [1.165, 1.54) is 4.90 Å². The number of aliphatic hydroxyl groups is 1. The van der Waals surface area contributed by atoms with Crippen LogP contribution in [0.1, 0.15) is 34.6 Å². The Labute approximate surface area is 103 Å². The molecule has 1 aliphatic heterocycles. The minimum Gasteiger partial charge on any atom is -0.450 e. The van der Waals surface area contributed by atoms with E-state index >= 15 is 0 Å². The summed E-state index contributed by atoms with van der Waals surface area (Å²) >= 11 is 0. The van der Waals surface area contributed by atoms with Crippen LogP contribution in [0.25, 0.3) is 0 Å². The molecule has 1 rings (SSSR count). The molecule has 1 amide bonds. The van der Waals surface area contributed by atoms with Gasteiger partial charge in [-0.2, -0.15) is 0 Å². The Hall–Kier alpha value is -0.810. The van der Waals surface area contributed by atoms with Crippen LogP contribution in [-0.4, -0.2) is 47.7 Å². The van der Waals surface area contributed by atoms with Crippen molar-refractivity contribution in [1.29, 1.82) is 0 Å². The summed E-state index contributed by atoms with van der Waals surface area (Å²) in [5.41, 5.74) is -0.927. The number of nitrogens with zero attached hydrogens (tertiary/aromatic N) is 1. The van der Waals surface area contributed by atoms with E-state index < -0.39 is 11.6 Å². The molecule has 0 aromatic heterocycles. The molecule has 5 nitrogen and oxygen atoms in total. The van der Waals surface area contributed by atoms with Crippen molar-refractivity contribution in [3.63, 3.8) is 0 Å². The van der Waals surface area contributed by atoms with Crippen LogP contribution in [0.5, 0.6) is 0 Å². The summed E-state index contributed by atoms with van der Waals surface area (Å²) in [6.45, 7) is 10.0. The van der Waals surface area contributed by atoms with Gasteiger partial charge in [-0.3, -0.25) is 4.90 Å². The van der Waals surface area contributed by atoms with Gasteiger partial charge in [-0.15, -0.1) is 0 Å². The fourth-order valence-corrected chi connectivity index (χ4v) is 1.95. The van der Waals surface area contributed by atoms with Crippen molar-refractivity contribution in [2.45, 2.75) is 46.4 Å². The van der Waals surface area contributed by atoms with E-state index in [0.717, 1.165) is 0 Å². The van der Waals surface area contributed by atoms with E-state index in [4.69, 9.17) is 9.47 Å². The van der Waals surface area contributed by atoms with Crippen molar-refractivity contribution in [2.75, 3.05) is 19.8 Å². The standard InChI is InChI=1S/C12H23NO4/c1-6-16-10(15)13-9(11(2,3)4)17-8-12(13,5)7-14/h9,14H,6-8H2,1-5H3. The zero-order valence-electron chi connectivity index (χ0n) is 11.3. The topological polar surface area (TPSA) is 59.0 Å². The van der Waals surface area contributed by atoms with E-state index in [0.29, 0.717) is 13.2 Å². The van der Waals surface area contributed by atoms with Crippen LogP contribution >= 0.6 is 0 Å². The third-order valence-electron chi connectivity index (χ3n) is 2.91. The largest absolute Gasteiger partial charge is 0.450 e. The maximum atomic E-state index is 12.0. The normalized spacial score (nSPS) is 29.5. The average molecular weight is 245 g/mol. The zero-order chi connectivity index (χ0) is 13.3. The smallest absolute Gasteiger partial charge is 0.412 e. The van der Waals surface area contributed by atoms with E-state index in [-0.39, 0.29) is 18.2 Å². The molecule has 1 heterocycles. The molecule has 2 unspecified atom stereocenters. The molecular weight excluding hydrogens is 222 g/mol. The number of amides is 1. The molecule has 1 N–H and O–H groups in total. The minimum absolute atomic E-state index is 0.140. The Kier molecular flexibility index (Phi) is 4.04. The SMILES string of the molecule is CCOC(=O)N1C(C(C)(C)C)OCC1(C)CO. The van der Waals surface area contributed by atoms with Crippen LogP contribution in [0.2, 0.25) is 0 Å². The van der Waals surface area contributed by atoms with Crippen LogP contribution in [-0.2, 0) is 9.47 Å². The van der Waals surface area contributed by atoms with Gasteiger partial charge in [0, 0.05) is 5.41 Å². The molecule has 0 aliphatic carbocycles. The van der Waals surface area contributed by atoms with Gasteiger partial charge in [0.1, 0.15) is 6.23 Å². The lowest BCUT2D eigenvalue weighted by molar-refractivity contribution is -0.0514. The summed E-state index contributed by atoms with van der Waals surface area (Å²) in [6, 6.07) is 0. The fourth-order valence-electron chi connectivity index (χ4n) is 1.95. The number of hydrogen-bond acceptors (Lipinski definition) is 4. The zero-order valence-corrected chi connectivity index (χ0v) is 11.3. The van der Waals surface area contributed by atoms with Gasteiger partial charge in [-0.1, -0.05) is 20.8 Å². The Morgan fingerprint density at radius 1 is 1.59 bits per heavy atom. The molecule has 0 bridgehead atoms. The van der Waals surface area contributed by atoms with Crippen molar-refractivity contribution in [3.8, 4) is 0 Å². The molecule has 0 aromatic carbocycles. The number of carbonyl (C=O) groups excluding carboxylic acids is 1. The lowest BCUT2D eigenvalue weighted by atomic mass is 9.92. The van der Waals surface area contributed by atoms with Crippen LogP contribution < -0.4 is 0 Å². The van der Waals surface area contributed by atoms with Crippen molar-refractivity contribution in [3.05, 3.63) is 0 Å². The molecule has 2 atom stereocenters. The fraction of sp³-hybridized carbons (Fsp3) is 0.917. The maximum Gasteiger partial charge on any atom is 0.412 e. The Morgan fingerprint density at radius 3 is 2.59 bits per heavy atom. The first-order valence-electron chi connectivity index (χ1n) is 5.95. The van der Waals surface area contributed by atoms with Crippen LogP contribution in [0.3, 0.4) is 0 Å². The third-order valence-corrected chi connectivity index (χ3v) is 2.91. The van der Waals surface area contributed by atoms with Crippen molar-refractivity contribution in [1.82, 2.24) is 4.90 Å². The molecule has 5 heteroatoms. The van der Waals surface area contributed by atoms with Crippen LogP contribution in [0.15, 0.2) is 0 Å². The molecule has 0 radical (unpaired) electrons. The summed E-state index contributed by atoms with van der Waals surface area (Å²) in [6.07, 6.45) is -0.805. The van der Waals surface area contributed by atoms with E-state index in [9.17, 15) is 9.90 Å². The van der Waals surface area contributed by atoms with Gasteiger partial charge in [0.15, 0.2) is 0 Å². The summed E-state index contributed by atoms with van der Waals surface area (Å²) in [5.74, 6) is 0. The maximum absolute atomic E-state index is 12.0. The summed E-state index contributed by atoms with van der Waals surface area (Å²) in [4.78, 5) is 13.5. The number of aliphatic hydroxyl groups excluding tert-OH is 1. The first-order chi connectivity index (χ1) is 7.76. The Morgan fingerprint density at radius 2 is 2.18 bits per heavy atom. The first kappa shape index (κ1) is 14.3. The molecule has 100 valence electrons. The van der Waals surface area contributed by atoms with Crippen molar-refractivity contribution < 1.29 is 19.4 Å². The highest BCUT2D eigenvalue weighted by Gasteiger charge is 2.51. The highest BCUT2D eigenvalue weighted by atomic mass is 16.6. The Balaban J connectivity index is 2.99. The summed E-state index contributed by atoms with van der Waals surface area (Å²) < 4.78 is 10.7. The number of hydrogen-bond donors (Lipinski definition) is 1. The quantitative estimate of drug-likeness (QED) is 0.802. The van der Waals surface area contributed by atoms with Gasteiger partial charge in [0.25, 0.3) is 0 Å². The lowest BCUT2D eigenvalue weighted by Crippen LogP contribution is -2.55. The third kappa shape index (κ3) is 2.72. The second kappa shape index (κ2) is 4.82. The summed E-state index contributed by atoms with van der Waals surface area (Å²) in [5, 5.41) is 9.47. The predicted molar refractivity (Wildman–Crippen MR) is 63.5 cm³/mol. The number of carbonyl (C=O) groups is 1. The highest BCUT2D eigenvalue weighted by Crippen LogP contribution is 2.37. The monoisotopic (exact) mass is 245 g/mol. The van der Waals surface area contributed by atoms with Gasteiger partial charge < -0.3 is 14.6 Å². The van der Waals surface area contributed by atoms with E-state index in [1.54, 1.807) is 13.8 Å². The van der Waals surface area contributed by atoms with Crippen molar-refractivity contribution in [2.24, 2.45) is 5.41 Å². The van der Waals surface area contributed by atoms with E-state index in [2.05, 4.69) is 0 Å². The highest BCUT2D eigenvalue weighted by molar-refractivity contribution is 5.69. The number of ether oxygens (including phenoxy) is 2. The van der Waals surface area contributed by atoms with Gasteiger partial charge in [0.2, 0.25) is 0 Å². The minimum atomic E-state index is -0.704. The van der Waals surface area contributed by atoms with E-state index in [1.807, 2.05) is 20.8 Å². The summed E-state index contributed by atoms with van der Waals surface area (Å²) in [7, 11) is 0. The molecule has 0 saturated carbocycles. The molecule has 1 aliphatic rings. The first-order valence-corrected chi connectivity index (χ1v) is 5.95. The average Bonchev–Trinajstić information content (AvgIpc) is 2.57. The molecule has 1 saturated heterocycles. The molecule has 1 fully saturated rings. The van der Waals surface area contributed by atoms with Crippen LogP contribution in [0.4, 0.5) is 4.79 Å². The molecule has 0 aromatic rings. The van der Waals surface area contributed by atoms with Crippen molar-refractivity contribution >= 4 is 6.09 Å². The second-order valence-electron chi connectivity index (χ2n) is 5.75. The number of rotatable bonds is 2. The van der Waals surface area contributed by atoms with Gasteiger partial charge >= 0.3 is 6.09 Å². The van der Waals surface area contributed by atoms with Gasteiger partial charge in [0.05, 0.1) is 25.4 Å². The second-order valence-corrected chi connectivity index (χ2v) is 5.75. The molecule has 0 spiro atoms. The van der Waals surface area contributed by atoms with Gasteiger partial charge in [-0.05, 0) is 13.8 Å².